The third kappa shape index (κ3) is 4.93. The summed E-state index contributed by atoms with van der Waals surface area (Å²) in [6, 6.07) is 7.37. The first-order valence-corrected chi connectivity index (χ1v) is 10.4. The minimum Gasteiger partial charge on any atom is -0.354 e. The number of nitrogens with zero attached hydrogens (tertiary/aromatic N) is 2. The molecule has 0 bridgehead atoms. The van der Waals surface area contributed by atoms with E-state index in [0.29, 0.717) is 30.1 Å². The summed E-state index contributed by atoms with van der Waals surface area (Å²) >= 11 is 6.07. The third-order valence-electron chi connectivity index (χ3n) is 5.19. The fourth-order valence-corrected chi connectivity index (χ4v) is 3.88. The number of hydrogen-bond donors (Lipinski definition) is 2. The van der Waals surface area contributed by atoms with Crippen molar-refractivity contribution in [3.8, 4) is 5.69 Å². The Morgan fingerprint density at radius 1 is 1.18 bits per heavy atom. The number of carbonyl (C=O) groups is 2. The van der Waals surface area contributed by atoms with Gasteiger partial charge >= 0.3 is 0 Å². The molecule has 1 aromatic carbocycles. The van der Waals surface area contributed by atoms with Crippen molar-refractivity contribution in [1.82, 2.24) is 20.4 Å². The van der Waals surface area contributed by atoms with Crippen LogP contribution >= 0.6 is 11.6 Å². The Hall–Kier alpha value is -2.34. The SMILES string of the molecule is CCc1c(C(=O)NCCNC(=O)C2CCCCC2)cnn1-c1cccc(Cl)c1. The molecule has 6 nitrogen and oxygen atoms in total. The first-order chi connectivity index (χ1) is 13.6. The highest BCUT2D eigenvalue weighted by molar-refractivity contribution is 6.30. The van der Waals surface area contributed by atoms with Gasteiger partial charge in [-0.05, 0) is 37.5 Å². The average Bonchev–Trinajstić information content (AvgIpc) is 3.15. The zero-order valence-corrected chi connectivity index (χ0v) is 17.0. The predicted octanol–water partition coefficient (Wildman–Crippen LogP) is 3.51. The van der Waals surface area contributed by atoms with Crippen molar-refractivity contribution in [3.05, 3.63) is 46.7 Å². The number of amides is 2. The molecule has 3 rings (SSSR count). The number of nitrogens with one attached hydrogen (secondary N) is 2. The van der Waals surface area contributed by atoms with Crippen LogP contribution in [0, 0.1) is 5.92 Å². The van der Waals surface area contributed by atoms with Crippen molar-refractivity contribution in [2.45, 2.75) is 45.4 Å². The van der Waals surface area contributed by atoms with Gasteiger partial charge in [-0.1, -0.05) is 43.9 Å². The molecule has 0 atom stereocenters. The molecule has 1 saturated carbocycles. The van der Waals surface area contributed by atoms with Crippen LogP contribution in [0.5, 0.6) is 0 Å². The van der Waals surface area contributed by atoms with Crippen LogP contribution in [0.2, 0.25) is 5.02 Å². The lowest BCUT2D eigenvalue weighted by Gasteiger charge is -2.20. The van der Waals surface area contributed by atoms with Gasteiger partial charge < -0.3 is 10.6 Å². The summed E-state index contributed by atoms with van der Waals surface area (Å²) < 4.78 is 1.74. The molecule has 0 spiro atoms. The van der Waals surface area contributed by atoms with E-state index in [9.17, 15) is 9.59 Å². The topological polar surface area (TPSA) is 76.0 Å². The standard InChI is InChI=1S/C21H27ClN4O2/c1-2-19-18(14-25-26(19)17-10-6-9-16(22)13-17)21(28)24-12-11-23-20(27)15-7-4-3-5-8-15/h6,9-10,13-15H,2-5,7-8,11-12H2,1H3,(H,23,27)(H,24,28). The van der Waals surface area contributed by atoms with Crippen molar-refractivity contribution in [3.63, 3.8) is 0 Å². The molecule has 1 aliphatic rings. The van der Waals surface area contributed by atoms with E-state index in [1.165, 1.54) is 6.42 Å². The highest BCUT2D eigenvalue weighted by Crippen LogP contribution is 2.23. The van der Waals surface area contributed by atoms with Gasteiger partial charge in [0.25, 0.3) is 5.91 Å². The molecule has 1 heterocycles. The zero-order chi connectivity index (χ0) is 19.9. The van der Waals surface area contributed by atoms with Crippen molar-refractivity contribution in [1.29, 1.82) is 0 Å². The summed E-state index contributed by atoms with van der Waals surface area (Å²) in [5, 5.41) is 10.8. The molecule has 2 amide bonds. The monoisotopic (exact) mass is 402 g/mol. The second-order valence-corrected chi connectivity index (χ2v) is 7.57. The Balaban J connectivity index is 1.55. The number of hydrogen-bond acceptors (Lipinski definition) is 3. The lowest BCUT2D eigenvalue weighted by atomic mass is 9.89. The van der Waals surface area contributed by atoms with Crippen LogP contribution in [0.15, 0.2) is 30.5 Å². The normalized spacial score (nSPS) is 14.6. The summed E-state index contributed by atoms with van der Waals surface area (Å²) in [6.45, 7) is 2.81. The molecule has 2 N–H and O–H groups in total. The molecule has 1 aromatic heterocycles. The molecule has 0 unspecified atom stereocenters. The summed E-state index contributed by atoms with van der Waals surface area (Å²) in [7, 11) is 0. The minimum atomic E-state index is -0.183. The largest absolute Gasteiger partial charge is 0.354 e. The van der Waals surface area contributed by atoms with Gasteiger partial charge in [0.05, 0.1) is 23.1 Å². The van der Waals surface area contributed by atoms with Crippen LogP contribution in [-0.4, -0.2) is 34.7 Å². The fourth-order valence-electron chi connectivity index (χ4n) is 3.70. The summed E-state index contributed by atoms with van der Waals surface area (Å²) in [4.78, 5) is 24.7. The van der Waals surface area contributed by atoms with Gasteiger partial charge in [-0.15, -0.1) is 0 Å². The lowest BCUT2D eigenvalue weighted by molar-refractivity contribution is -0.125. The number of carbonyl (C=O) groups excluding carboxylic acids is 2. The summed E-state index contributed by atoms with van der Waals surface area (Å²) in [5.74, 6) is 0.0566. The third-order valence-corrected chi connectivity index (χ3v) is 5.42. The summed E-state index contributed by atoms with van der Waals surface area (Å²) in [5.41, 5.74) is 2.19. The van der Waals surface area contributed by atoms with Crippen LogP contribution < -0.4 is 10.6 Å². The second kappa shape index (κ2) is 9.73. The quantitative estimate of drug-likeness (QED) is 0.696. The molecule has 1 aliphatic carbocycles. The highest BCUT2D eigenvalue weighted by atomic mass is 35.5. The molecular weight excluding hydrogens is 376 g/mol. The van der Waals surface area contributed by atoms with Gasteiger partial charge in [-0.25, -0.2) is 4.68 Å². The molecule has 0 aliphatic heterocycles. The van der Waals surface area contributed by atoms with E-state index in [2.05, 4.69) is 15.7 Å². The molecule has 150 valence electrons. The lowest BCUT2D eigenvalue weighted by Crippen LogP contribution is -2.38. The van der Waals surface area contributed by atoms with E-state index in [4.69, 9.17) is 11.6 Å². The van der Waals surface area contributed by atoms with E-state index in [0.717, 1.165) is 37.1 Å². The Kier molecular flexibility index (Phi) is 7.09. The van der Waals surface area contributed by atoms with Crippen molar-refractivity contribution >= 4 is 23.4 Å². The number of benzene rings is 1. The van der Waals surface area contributed by atoms with Gasteiger partial charge in [-0.2, -0.15) is 5.10 Å². The van der Waals surface area contributed by atoms with E-state index >= 15 is 0 Å². The molecule has 0 saturated heterocycles. The van der Waals surface area contributed by atoms with Gasteiger partial charge in [0, 0.05) is 24.0 Å². The molecule has 28 heavy (non-hydrogen) atoms. The van der Waals surface area contributed by atoms with E-state index in [-0.39, 0.29) is 17.7 Å². The first-order valence-electron chi connectivity index (χ1n) is 9.99. The van der Waals surface area contributed by atoms with E-state index in [1.807, 2.05) is 25.1 Å². The summed E-state index contributed by atoms with van der Waals surface area (Å²) in [6.07, 6.45) is 7.67. The number of halogens is 1. The Morgan fingerprint density at radius 2 is 1.93 bits per heavy atom. The number of aromatic nitrogens is 2. The Labute approximate surface area is 170 Å². The van der Waals surface area contributed by atoms with Crippen LogP contribution in [0.1, 0.15) is 55.1 Å². The molecular formula is C21H27ClN4O2. The smallest absolute Gasteiger partial charge is 0.254 e. The average molecular weight is 403 g/mol. The van der Waals surface area contributed by atoms with Crippen LogP contribution in [0.4, 0.5) is 0 Å². The van der Waals surface area contributed by atoms with Crippen molar-refractivity contribution in [2.75, 3.05) is 13.1 Å². The minimum absolute atomic E-state index is 0.108. The maximum atomic E-state index is 12.6. The highest BCUT2D eigenvalue weighted by Gasteiger charge is 2.21. The first kappa shape index (κ1) is 20.4. The van der Waals surface area contributed by atoms with Crippen LogP contribution in [-0.2, 0) is 11.2 Å². The van der Waals surface area contributed by atoms with E-state index in [1.54, 1.807) is 16.9 Å². The maximum absolute atomic E-state index is 12.6. The Morgan fingerprint density at radius 3 is 2.64 bits per heavy atom. The molecule has 1 fully saturated rings. The van der Waals surface area contributed by atoms with Gasteiger partial charge in [0.15, 0.2) is 0 Å². The second-order valence-electron chi connectivity index (χ2n) is 7.13. The zero-order valence-electron chi connectivity index (χ0n) is 16.2. The Bertz CT molecular complexity index is 828. The fraction of sp³-hybridized carbons (Fsp3) is 0.476. The van der Waals surface area contributed by atoms with Crippen molar-refractivity contribution in [2.24, 2.45) is 5.92 Å². The molecule has 7 heteroatoms. The molecule has 0 radical (unpaired) electrons. The van der Waals surface area contributed by atoms with Crippen molar-refractivity contribution < 1.29 is 9.59 Å². The van der Waals surface area contributed by atoms with Crippen LogP contribution in [0.25, 0.3) is 5.69 Å². The van der Waals surface area contributed by atoms with Gasteiger partial charge in [-0.3, -0.25) is 9.59 Å². The van der Waals surface area contributed by atoms with Gasteiger partial charge in [0.1, 0.15) is 0 Å². The predicted molar refractivity (Wildman–Crippen MR) is 110 cm³/mol. The number of rotatable bonds is 7. The van der Waals surface area contributed by atoms with Crippen LogP contribution in [0.3, 0.4) is 0 Å². The van der Waals surface area contributed by atoms with Gasteiger partial charge in [0.2, 0.25) is 5.91 Å². The molecule has 2 aromatic rings. The maximum Gasteiger partial charge on any atom is 0.254 e. The van der Waals surface area contributed by atoms with E-state index < -0.39 is 0 Å².